The molecule has 1 aromatic carbocycles. The van der Waals surface area contributed by atoms with Gasteiger partial charge in [-0.2, -0.15) is 23.5 Å². The maximum absolute atomic E-state index is 10.6. The normalized spacial score (nSPS) is 10.9. The van der Waals surface area contributed by atoms with Crippen LogP contribution in [0.4, 0.5) is 13.2 Å². The molecule has 0 bridgehead atoms. The summed E-state index contributed by atoms with van der Waals surface area (Å²) in [5, 5.41) is 22.1. The number of pyridine rings is 1. The molecule has 0 atom stereocenters. The van der Waals surface area contributed by atoms with Crippen LogP contribution in [0.3, 0.4) is 0 Å². The van der Waals surface area contributed by atoms with E-state index in [1.807, 2.05) is 24.5 Å². The zero-order valence-electron chi connectivity index (χ0n) is 14.9. The van der Waals surface area contributed by atoms with E-state index in [0.717, 1.165) is 22.2 Å². The number of nitrogens with zero attached hydrogens (tertiary/aromatic N) is 4. The van der Waals surface area contributed by atoms with Crippen molar-refractivity contribution in [1.29, 1.82) is 5.26 Å². The topological polar surface area (TPSA) is 108 Å². The molecule has 11 heteroatoms. The van der Waals surface area contributed by atoms with Gasteiger partial charge < -0.3 is 10.1 Å². The summed E-state index contributed by atoms with van der Waals surface area (Å²) >= 11 is 6.24. The van der Waals surface area contributed by atoms with Gasteiger partial charge in [-0.25, -0.2) is 14.5 Å². The van der Waals surface area contributed by atoms with Gasteiger partial charge in [0.15, 0.2) is 0 Å². The lowest BCUT2D eigenvalue weighted by Gasteiger charge is -2.04. The SMILES string of the molecule is N#Cc1ccc(Cl)c(-n2cc(-c3ccnc4[nH]ccc34)cn2)c1.O=C(O)C(F)(F)F. The van der Waals surface area contributed by atoms with Crippen molar-refractivity contribution in [2.45, 2.75) is 6.18 Å². The smallest absolute Gasteiger partial charge is 0.475 e. The molecule has 0 aliphatic heterocycles. The van der Waals surface area contributed by atoms with Crippen molar-refractivity contribution in [1.82, 2.24) is 19.7 Å². The summed E-state index contributed by atoms with van der Waals surface area (Å²) in [5.41, 5.74) is 4.04. The van der Waals surface area contributed by atoms with Gasteiger partial charge in [0, 0.05) is 29.5 Å². The van der Waals surface area contributed by atoms with E-state index < -0.39 is 12.1 Å². The third kappa shape index (κ3) is 4.42. The lowest BCUT2D eigenvalue weighted by Crippen LogP contribution is -2.21. The fourth-order valence-electron chi connectivity index (χ4n) is 2.56. The predicted octanol–water partition coefficient (Wildman–Crippen LogP) is 4.57. The Labute approximate surface area is 172 Å². The van der Waals surface area contributed by atoms with Crippen LogP contribution in [0.25, 0.3) is 27.8 Å². The Hall–Kier alpha value is -3.84. The molecule has 0 fully saturated rings. The van der Waals surface area contributed by atoms with Gasteiger partial charge in [-0.15, -0.1) is 0 Å². The molecule has 7 nitrogen and oxygen atoms in total. The number of nitrogens with one attached hydrogen (secondary N) is 1. The lowest BCUT2D eigenvalue weighted by molar-refractivity contribution is -0.192. The van der Waals surface area contributed by atoms with Crippen molar-refractivity contribution < 1.29 is 23.1 Å². The van der Waals surface area contributed by atoms with E-state index in [-0.39, 0.29) is 0 Å². The number of alkyl halides is 3. The van der Waals surface area contributed by atoms with Crippen LogP contribution in [-0.2, 0) is 4.79 Å². The standard InChI is InChI=1S/C17H10ClN5.C2HF3O2/c18-15-2-1-11(8-19)7-16(15)23-10-12(9-22-23)13-3-5-20-17-14(13)4-6-21-17;3-2(4,5)1(6)7/h1-7,9-10H,(H,20,21);(H,6,7). The molecule has 0 saturated heterocycles. The average molecular weight is 434 g/mol. The van der Waals surface area contributed by atoms with E-state index in [1.54, 1.807) is 35.3 Å². The molecule has 3 aromatic heterocycles. The van der Waals surface area contributed by atoms with Gasteiger partial charge >= 0.3 is 12.1 Å². The Morgan fingerprint density at radius 3 is 2.67 bits per heavy atom. The van der Waals surface area contributed by atoms with E-state index >= 15 is 0 Å². The first-order valence-electron chi connectivity index (χ1n) is 8.18. The van der Waals surface area contributed by atoms with Crippen molar-refractivity contribution >= 4 is 28.6 Å². The van der Waals surface area contributed by atoms with Crippen molar-refractivity contribution in [3.8, 4) is 22.9 Å². The van der Waals surface area contributed by atoms with Crippen molar-refractivity contribution in [2.75, 3.05) is 0 Å². The highest BCUT2D eigenvalue weighted by Crippen LogP contribution is 2.28. The number of carboxylic acids is 1. The van der Waals surface area contributed by atoms with E-state index in [9.17, 15) is 13.2 Å². The molecule has 0 radical (unpaired) electrons. The van der Waals surface area contributed by atoms with Crippen LogP contribution < -0.4 is 0 Å². The maximum Gasteiger partial charge on any atom is 0.490 e. The minimum atomic E-state index is -5.08. The summed E-state index contributed by atoms with van der Waals surface area (Å²) in [6.45, 7) is 0. The molecule has 0 aliphatic rings. The van der Waals surface area contributed by atoms with Gasteiger partial charge in [0.25, 0.3) is 0 Å². The maximum atomic E-state index is 10.6. The number of rotatable bonds is 2. The number of hydrogen-bond donors (Lipinski definition) is 2. The molecule has 2 N–H and O–H groups in total. The van der Waals surface area contributed by atoms with Gasteiger partial charge in [0.2, 0.25) is 0 Å². The number of halogens is 4. The summed E-state index contributed by atoms with van der Waals surface area (Å²) in [5.74, 6) is -2.76. The second-order valence-corrected chi connectivity index (χ2v) is 6.26. The number of H-pyrrole nitrogens is 1. The average Bonchev–Trinajstić information content (AvgIpc) is 3.37. The highest BCUT2D eigenvalue weighted by molar-refractivity contribution is 6.32. The summed E-state index contributed by atoms with van der Waals surface area (Å²) in [4.78, 5) is 16.3. The first kappa shape index (κ1) is 20.9. The van der Waals surface area contributed by atoms with Crippen LogP contribution in [-0.4, -0.2) is 37.0 Å². The number of fused-ring (bicyclic) bond motifs is 1. The van der Waals surface area contributed by atoms with Gasteiger partial charge in [-0.05, 0) is 35.9 Å². The Morgan fingerprint density at radius 1 is 1.27 bits per heavy atom. The van der Waals surface area contributed by atoms with Gasteiger partial charge in [0.1, 0.15) is 5.65 Å². The fourth-order valence-corrected chi connectivity index (χ4v) is 2.77. The molecule has 4 aromatic rings. The second kappa shape index (κ2) is 8.26. The number of carboxylic acid groups (broad SMARTS) is 1. The molecule has 4 rings (SSSR count). The zero-order valence-corrected chi connectivity index (χ0v) is 15.6. The van der Waals surface area contributed by atoms with Crippen LogP contribution in [0.15, 0.2) is 55.1 Å². The van der Waals surface area contributed by atoms with Gasteiger partial charge in [0.05, 0.1) is 28.5 Å². The molecule has 3 heterocycles. The molecular weight excluding hydrogens is 423 g/mol. The Balaban J connectivity index is 0.000000318. The monoisotopic (exact) mass is 433 g/mol. The number of aliphatic carboxylic acids is 1. The van der Waals surface area contributed by atoms with Crippen molar-refractivity contribution in [2.24, 2.45) is 0 Å². The third-order valence-corrected chi connectivity index (χ3v) is 4.24. The minimum Gasteiger partial charge on any atom is -0.475 e. The lowest BCUT2D eigenvalue weighted by atomic mass is 10.1. The molecule has 0 amide bonds. The van der Waals surface area contributed by atoms with Crippen LogP contribution >= 0.6 is 11.6 Å². The molecule has 0 unspecified atom stereocenters. The fraction of sp³-hybridized carbons (Fsp3) is 0.0526. The van der Waals surface area contributed by atoms with Gasteiger partial charge in [-0.3, -0.25) is 0 Å². The highest BCUT2D eigenvalue weighted by atomic mass is 35.5. The zero-order chi connectivity index (χ0) is 21.9. The van der Waals surface area contributed by atoms with Crippen LogP contribution in [0.2, 0.25) is 5.02 Å². The quantitative estimate of drug-likeness (QED) is 0.481. The number of aromatic nitrogens is 4. The summed E-state index contributed by atoms with van der Waals surface area (Å²) < 4.78 is 33.4. The first-order valence-corrected chi connectivity index (χ1v) is 8.56. The molecule has 0 spiro atoms. The van der Waals surface area contributed by atoms with Crippen LogP contribution in [0, 0.1) is 11.3 Å². The predicted molar refractivity (Wildman–Crippen MR) is 102 cm³/mol. The second-order valence-electron chi connectivity index (χ2n) is 5.85. The summed E-state index contributed by atoms with van der Waals surface area (Å²) in [7, 11) is 0. The summed E-state index contributed by atoms with van der Waals surface area (Å²) in [6, 6.07) is 11.1. The van der Waals surface area contributed by atoms with Gasteiger partial charge in [-0.1, -0.05) is 11.6 Å². The van der Waals surface area contributed by atoms with E-state index in [0.29, 0.717) is 16.3 Å². The van der Waals surface area contributed by atoms with Crippen LogP contribution in [0.5, 0.6) is 0 Å². The number of nitriles is 1. The Morgan fingerprint density at radius 2 is 2.00 bits per heavy atom. The van der Waals surface area contributed by atoms with Crippen molar-refractivity contribution in [3.63, 3.8) is 0 Å². The molecule has 152 valence electrons. The molecule has 30 heavy (non-hydrogen) atoms. The van der Waals surface area contributed by atoms with E-state index in [2.05, 4.69) is 21.1 Å². The molecular formula is C19H11ClF3N5O2. The minimum absolute atomic E-state index is 0.540. The number of aromatic amines is 1. The summed E-state index contributed by atoms with van der Waals surface area (Å²) in [6.07, 6.45) is 2.20. The number of carbonyl (C=O) groups is 1. The first-order chi connectivity index (χ1) is 14.2. The van der Waals surface area contributed by atoms with E-state index in [1.165, 1.54) is 0 Å². The Bertz CT molecular complexity index is 1260. The van der Waals surface area contributed by atoms with Crippen molar-refractivity contribution in [3.05, 3.63) is 65.7 Å². The Kier molecular flexibility index (Phi) is 5.75. The largest absolute Gasteiger partial charge is 0.490 e. The van der Waals surface area contributed by atoms with Crippen LogP contribution in [0.1, 0.15) is 5.56 Å². The number of hydrogen-bond acceptors (Lipinski definition) is 4. The third-order valence-electron chi connectivity index (χ3n) is 3.92. The molecule has 0 saturated carbocycles. The number of benzene rings is 1. The highest BCUT2D eigenvalue weighted by Gasteiger charge is 2.38. The molecule has 0 aliphatic carbocycles. The van der Waals surface area contributed by atoms with E-state index in [4.69, 9.17) is 26.8 Å².